The Bertz CT molecular complexity index is 935. The molecule has 1 aliphatic heterocycles. The van der Waals surface area contributed by atoms with E-state index >= 15 is 0 Å². The molecule has 2 aromatic heterocycles. The van der Waals surface area contributed by atoms with Crippen LogP contribution in [0.5, 0.6) is 0 Å². The number of carbonyl (C=O) groups excluding carboxylic acids is 1. The van der Waals surface area contributed by atoms with E-state index in [4.69, 9.17) is 0 Å². The number of nitrogens with one attached hydrogen (secondary N) is 1. The van der Waals surface area contributed by atoms with Crippen molar-refractivity contribution >= 4 is 22.6 Å². The van der Waals surface area contributed by atoms with Crippen molar-refractivity contribution in [3.63, 3.8) is 0 Å². The Labute approximate surface area is 137 Å². The lowest BCUT2D eigenvalue weighted by molar-refractivity contribution is -0.118. The van der Waals surface area contributed by atoms with Gasteiger partial charge in [0.2, 0.25) is 5.91 Å². The molecule has 4 rings (SSSR count). The summed E-state index contributed by atoms with van der Waals surface area (Å²) in [5.74, 6) is -1.26. The van der Waals surface area contributed by atoms with Crippen LogP contribution >= 0.6 is 0 Å². The first-order chi connectivity index (χ1) is 11.6. The molecule has 0 fully saturated rings. The van der Waals surface area contributed by atoms with Crippen LogP contribution < -0.4 is 4.90 Å². The molecule has 0 atom stereocenters. The third-order valence-corrected chi connectivity index (χ3v) is 4.43. The lowest BCUT2D eigenvalue weighted by Gasteiger charge is -2.30. The average Bonchev–Trinajstić information content (AvgIpc) is 3.01. The third kappa shape index (κ3) is 2.35. The van der Waals surface area contributed by atoms with Crippen LogP contribution in [-0.2, 0) is 17.6 Å². The number of hydrogen-bond acceptors (Lipinski definition) is 2. The summed E-state index contributed by atoms with van der Waals surface area (Å²) in [4.78, 5) is 21.3. The van der Waals surface area contributed by atoms with Crippen molar-refractivity contribution < 1.29 is 13.6 Å². The zero-order chi connectivity index (χ0) is 16.7. The van der Waals surface area contributed by atoms with Gasteiger partial charge in [-0.1, -0.05) is 0 Å². The molecular weight excluding hydrogens is 312 g/mol. The molecule has 1 aromatic carbocycles. The van der Waals surface area contributed by atoms with Crippen LogP contribution in [0.15, 0.2) is 36.7 Å². The van der Waals surface area contributed by atoms with Gasteiger partial charge in [0.25, 0.3) is 0 Å². The molecule has 24 heavy (non-hydrogen) atoms. The first-order valence-corrected chi connectivity index (χ1v) is 7.83. The summed E-state index contributed by atoms with van der Waals surface area (Å²) in [5.41, 5.74) is 1.88. The van der Waals surface area contributed by atoms with Gasteiger partial charge >= 0.3 is 0 Å². The molecule has 4 nitrogen and oxygen atoms in total. The molecule has 1 aliphatic rings. The van der Waals surface area contributed by atoms with Crippen molar-refractivity contribution in [2.24, 2.45) is 0 Å². The standard InChI is InChI=1S/C18H15F2N3O/c19-14-5-6-15(20)17-13(14)4-2-8-23(17)16(24)9-11-10-22-18-12(11)3-1-7-21-18/h1,3,5-7,10H,2,4,8-9H2,(H,21,22). The number of aromatic amines is 1. The summed E-state index contributed by atoms with van der Waals surface area (Å²) in [6.07, 6.45) is 4.58. The van der Waals surface area contributed by atoms with E-state index in [2.05, 4.69) is 9.97 Å². The topological polar surface area (TPSA) is 49.0 Å². The minimum Gasteiger partial charge on any atom is -0.346 e. The van der Waals surface area contributed by atoms with E-state index < -0.39 is 11.6 Å². The van der Waals surface area contributed by atoms with Gasteiger partial charge in [0.15, 0.2) is 0 Å². The lowest BCUT2D eigenvalue weighted by Crippen LogP contribution is -2.37. The van der Waals surface area contributed by atoms with Gasteiger partial charge in [-0.15, -0.1) is 0 Å². The monoisotopic (exact) mass is 327 g/mol. The van der Waals surface area contributed by atoms with E-state index in [-0.39, 0.29) is 23.6 Å². The molecule has 0 spiro atoms. The normalized spacial score (nSPS) is 14.0. The van der Waals surface area contributed by atoms with E-state index in [1.165, 1.54) is 4.90 Å². The molecule has 0 unspecified atom stereocenters. The summed E-state index contributed by atoms with van der Waals surface area (Å²) in [6.45, 7) is 0.396. The van der Waals surface area contributed by atoms with Gasteiger partial charge in [-0.25, -0.2) is 13.8 Å². The Morgan fingerprint density at radius 3 is 2.96 bits per heavy atom. The van der Waals surface area contributed by atoms with Crippen LogP contribution in [0.3, 0.4) is 0 Å². The number of carbonyl (C=O) groups is 1. The van der Waals surface area contributed by atoms with Crippen LogP contribution in [0.2, 0.25) is 0 Å². The van der Waals surface area contributed by atoms with Crippen molar-refractivity contribution in [1.29, 1.82) is 0 Å². The fraction of sp³-hybridized carbons (Fsp3) is 0.222. The Kier molecular flexibility index (Phi) is 3.52. The Morgan fingerprint density at radius 1 is 1.25 bits per heavy atom. The second kappa shape index (κ2) is 5.70. The largest absolute Gasteiger partial charge is 0.346 e. The molecular formula is C18H15F2N3O. The Hall–Kier alpha value is -2.76. The Balaban J connectivity index is 1.68. The minimum absolute atomic E-state index is 0.0872. The number of hydrogen-bond donors (Lipinski definition) is 1. The summed E-state index contributed by atoms with van der Waals surface area (Å²) >= 11 is 0. The summed E-state index contributed by atoms with van der Waals surface area (Å²) in [5, 5.41) is 0.864. The van der Waals surface area contributed by atoms with Crippen molar-refractivity contribution in [3.8, 4) is 0 Å². The highest BCUT2D eigenvalue weighted by Crippen LogP contribution is 2.32. The van der Waals surface area contributed by atoms with Gasteiger partial charge in [-0.05, 0) is 42.7 Å². The number of pyridine rings is 1. The van der Waals surface area contributed by atoms with E-state index in [1.54, 1.807) is 18.5 Å². The summed E-state index contributed by atoms with van der Waals surface area (Å²) in [7, 11) is 0. The lowest BCUT2D eigenvalue weighted by atomic mass is 9.99. The maximum absolute atomic E-state index is 14.2. The molecule has 0 aliphatic carbocycles. The number of benzene rings is 1. The highest BCUT2D eigenvalue weighted by Gasteiger charge is 2.28. The maximum Gasteiger partial charge on any atom is 0.231 e. The first-order valence-electron chi connectivity index (χ1n) is 7.83. The molecule has 122 valence electrons. The predicted octanol–water partition coefficient (Wildman–Crippen LogP) is 3.36. The van der Waals surface area contributed by atoms with Crippen LogP contribution in [-0.4, -0.2) is 22.4 Å². The van der Waals surface area contributed by atoms with Crippen molar-refractivity contribution in [2.45, 2.75) is 19.3 Å². The molecule has 1 amide bonds. The van der Waals surface area contributed by atoms with E-state index in [0.29, 0.717) is 25.0 Å². The summed E-state index contributed by atoms with van der Waals surface area (Å²) in [6, 6.07) is 5.88. The van der Waals surface area contributed by atoms with E-state index in [1.807, 2.05) is 6.07 Å². The van der Waals surface area contributed by atoms with Crippen LogP contribution in [0, 0.1) is 11.6 Å². The van der Waals surface area contributed by atoms with Crippen molar-refractivity contribution in [2.75, 3.05) is 11.4 Å². The average molecular weight is 327 g/mol. The van der Waals surface area contributed by atoms with Gasteiger partial charge in [-0.3, -0.25) is 4.79 Å². The highest BCUT2D eigenvalue weighted by molar-refractivity contribution is 5.98. The van der Waals surface area contributed by atoms with Gasteiger partial charge in [-0.2, -0.15) is 0 Å². The number of nitrogens with zero attached hydrogens (tertiary/aromatic N) is 2. The highest BCUT2D eigenvalue weighted by atomic mass is 19.1. The fourth-order valence-electron chi connectivity index (χ4n) is 3.31. The van der Waals surface area contributed by atoms with Crippen molar-refractivity contribution in [1.82, 2.24) is 9.97 Å². The molecule has 3 heterocycles. The van der Waals surface area contributed by atoms with Crippen LogP contribution in [0.1, 0.15) is 17.5 Å². The van der Waals surface area contributed by atoms with Crippen LogP contribution in [0.4, 0.5) is 14.5 Å². The zero-order valence-electron chi connectivity index (χ0n) is 12.9. The quantitative estimate of drug-likeness (QED) is 0.784. The maximum atomic E-state index is 14.2. The number of rotatable bonds is 2. The number of aromatic nitrogens is 2. The van der Waals surface area contributed by atoms with Gasteiger partial charge in [0.05, 0.1) is 12.1 Å². The second-order valence-electron chi connectivity index (χ2n) is 5.90. The molecule has 3 aromatic rings. The number of fused-ring (bicyclic) bond motifs is 2. The van der Waals surface area contributed by atoms with Crippen molar-refractivity contribution in [3.05, 3.63) is 59.4 Å². The molecule has 0 radical (unpaired) electrons. The molecule has 0 bridgehead atoms. The summed E-state index contributed by atoms with van der Waals surface area (Å²) < 4.78 is 28.2. The molecule has 1 N–H and O–H groups in total. The second-order valence-corrected chi connectivity index (χ2v) is 5.90. The van der Waals surface area contributed by atoms with Gasteiger partial charge in [0.1, 0.15) is 17.3 Å². The van der Waals surface area contributed by atoms with Gasteiger partial charge in [0, 0.05) is 29.9 Å². The number of H-pyrrole nitrogens is 1. The zero-order valence-corrected chi connectivity index (χ0v) is 12.9. The first kappa shape index (κ1) is 14.8. The van der Waals surface area contributed by atoms with E-state index in [9.17, 15) is 13.6 Å². The predicted molar refractivity (Wildman–Crippen MR) is 86.8 cm³/mol. The molecule has 0 saturated heterocycles. The van der Waals surface area contributed by atoms with Gasteiger partial charge < -0.3 is 9.88 Å². The minimum atomic E-state index is -0.556. The fourth-order valence-corrected chi connectivity index (χ4v) is 3.31. The number of anilines is 1. The molecule has 0 saturated carbocycles. The third-order valence-electron chi connectivity index (χ3n) is 4.43. The molecule has 6 heteroatoms. The Morgan fingerprint density at radius 2 is 2.08 bits per heavy atom. The van der Waals surface area contributed by atoms with E-state index in [0.717, 1.165) is 23.1 Å². The number of halogens is 2. The van der Waals surface area contributed by atoms with Crippen LogP contribution in [0.25, 0.3) is 11.0 Å². The smallest absolute Gasteiger partial charge is 0.231 e. The SMILES string of the molecule is O=C(Cc1c[nH]c2ncccc12)N1CCCc2c(F)ccc(F)c21. The number of amides is 1.